The normalized spacial score (nSPS) is 15.3. The molecule has 1 radical (unpaired) electrons. The lowest BCUT2D eigenvalue weighted by molar-refractivity contribution is -0.145. The number of aryl methyl sites for hydroxylation is 1. The van der Waals surface area contributed by atoms with Crippen LogP contribution in [0.1, 0.15) is 56.6 Å². The predicted molar refractivity (Wildman–Crippen MR) is 78.0 cm³/mol. The van der Waals surface area contributed by atoms with Crippen molar-refractivity contribution in [3.8, 4) is 5.75 Å². The van der Waals surface area contributed by atoms with Crippen molar-refractivity contribution in [1.82, 2.24) is 0 Å². The van der Waals surface area contributed by atoms with E-state index in [1.807, 2.05) is 12.1 Å². The maximum Gasteiger partial charge on any atom is 0.344 e. The van der Waals surface area contributed by atoms with Crippen LogP contribution in [0.3, 0.4) is 0 Å². The van der Waals surface area contributed by atoms with Gasteiger partial charge in [0.1, 0.15) is 5.75 Å². The molecule has 1 saturated carbocycles. The highest BCUT2D eigenvalue weighted by atomic mass is 16.6. The number of hydrogen-bond acceptors (Lipinski definition) is 3. The van der Waals surface area contributed by atoms with Crippen molar-refractivity contribution in [3.05, 3.63) is 29.3 Å². The number of carbonyl (C=O) groups is 1. The summed E-state index contributed by atoms with van der Waals surface area (Å²) in [5, 5.41) is 0. The average molecular weight is 275 g/mol. The lowest BCUT2D eigenvalue weighted by Gasteiger charge is -2.18. The van der Waals surface area contributed by atoms with E-state index in [-0.39, 0.29) is 12.6 Å². The Balaban J connectivity index is 2.16. The van der Waals surface area contributed by atoms with Crippen LogP contribution in [-0.2, 0) is 16.0 Å². The quantitative estimate of drug-likeness (QED) is 0.743. The predicted octanol–water partition coefficient (Wildman–Crippen LogP) is 3.65. The van der Waals surface area contributed by atoms with Gasteiger partial charge in [0.25, 0.3) is 0 Å². The van der Waals surface area contributed by atoms with Crippen LogP contribution < -0.4 is 4.74 Å². The second-order valence-corrected chi connectivity index (χ2v) is 5.17. The number of ether oxygens (including phenoxy) is 2. The molecule has 0 heterocycles. The van der Waals surface area contributed by atoms with Crippen molar-refractivity contribution in [3.63, 3.8) is 0 Å². The van der Waals surface area contributed by atoms with E-state index in [9.17, 15) is 4.79 Å². The molecule has 1 fully saturated rings. The second-order valence-electron chi connectivity index (χ2n) is 5.17. The van der Waals surface area contributed by atoms with Gasteiger partial charge in [-0.05, 0) is 43.7 Å². The van der Waals surface area contributed by atoms with Gasteiger partial charge in [0, 0.05) is 5.56 Å². The Bertz CT molecular complexity index is 448. The Morgan fingerprint density at radius 1 is 1.35 bits per heavy atom. The number of benzene rings is 1. The van der Waals surface area contributed by atoms with Crippen LogP contribution in [0, 0.1) is 6.07 Å². The third-order valence-corrected chi connectivity index (χ3v) is 3.84. The average Bonchev–Trinajstić information content (AvgIpc) is 2.99. The van der Waals surface area contributed by atoms with E-state index in [1.54, 1.807) is 6.92 Å². The molecular weight excluding hydrogens is 252 g/mol. The van der Waals surface area contributed by atoms with Gasteiger partial charge in [-0.2, -0.15) is 0 Å². The van der Waals surface area contributed by atoms with Crippen LogP contribution >= 0.6 is 0 Å². The molecular formula is C17H23O3. The Hall–Kier alpha value is -1.51. The fraction of sp³-hybridized carbons (Fsp3) is 0.588. The topological polar surface area (TPSA) is 35.5 Å². The van der Waals surface area contributed by atoms with Gasteiger partial charge >= 0.3 is 5.97 Å². The zero-order chi connectivity index (χ0) is 14.4. The Labute approximate surface area is 121 Å². The van der Waals surface area contributed by atoms with Crippen molar-refractivity contribution in [2.24, 2.45) is 0 Å². The van der Waals surface area contributed by atoms with Crippen molar-refractivity contribution in [2.75, 3.05) is 13.2 Å². The van der Waals surface area contributed by atoms with Crippen LogP contribution in [-0.4, -0.2) is 19.2 Å². The molecule has 0 spiro atoms. The molecule has 1 aromatic rings. The molecule has 0 unspecified atom stereocenters. The summed E-state index contributed by atoms with van der Waals surface area (Å²) >= 11 is 0. The van der Waals surface area contributed by atoms with Gasteiger partial charge in [-0.25, -0.2) is 4.79 Å². The lowest BCUT2D eigenvalue weighted by atomic mass is 9.94. The molecule has 1 aliphatic carbocycles. The highest BCUT2D eigenvalue weighted by molar-refractivity contribution is 5.71. The monoisotopic (exact) mass is 275 g/mol. The van der Waals surface area contributed by atoms with Crippen LogP contribution in [0.5, 0.6) is 5.75 Å². The molecule has 1 aromatic carbocycles. The Morgan fingerprint density at radius 3 is 2.75 bits per heavy atom. The van der Waals surface area contributed by atoms with Crippen molar-refractivity contribution in [2.45, 2.75) is 51.9 Å². The van der Waals surface area contributed by atoms with E-state index < -0.39 is 0 Å². The SMILES string of the molecule is CCOC(=O)COc1c(C2CCCC2)[c]ccc1CC. The fourth-order valence-corrected chi connectivity index (χ4v) is 2.85. The van der Waals surface area contributed by atoms with Gasteiger partial charge in [-0.3, -0.25) is 0 Å². The third kappa shape index (κ3) is 3.53. The maximum atomic E-state index is 11.5. The van der Waals surface area contributed by atoms with E-state index in [2.05, 4.69) is 13.0 Å². The van der Waals surface area contributed by atoms with Gasteiger partial charge in [0.2, 0.25) is 0 Å². The van der Waals surface area contributed by atoms with E-state index in [4.69, 9.17) is 9.47 Å². The highest BCUT2D eigenvalue weighted by Gasteiger charge is 2.22. The number of hydrogen-bond donors (Lipinski definition) is 0. The third-order valence-electron chi connectivity index (χ3n) is 3.84. The van der Waals surface area contributed by atoms with Crippen molar-refractivity contribution >= 4 is 5.97 Å². The summed E-state index contributed by atoms with van der Waals surface area (Å²) in [7, 11) is 0. The van der Waals surface area contributed by atoms with Crippen LogP contribution in [0.2, 0.25) is 0 Å². The smallest absolute Gasteiger partial charge is 0.344 e. The van der Waals surface area contributed by atoms with E-state index in [0.717, 1.165) is 23.3 Å². The van der Waals surface area contributed by atoms with Crippen LogP contribution in [0.15, 0.2) is 12.1 Å². The van der Waals surface area contributed by atoms with Crippen molar-refractivity contribution in [1.29, 1.82) is 0 Å². The summed E-state index contributed by atoms with van der Waals surface area (Å²) in [4.78, 5) is 11.5. The largest absolute Gasteiger partial charge is 0.481 e. The molecule has 3 heteroatoms. The molecule has 0 bridgehead atoms. The summed E-state index contributed by atoms with van der Waals surface area (Å²) in [5.74, 6) is 1.07. The van der Waals surface area contributed by atoms with Gasteiger partial charge in [-0.1, -0.05) is 31.9 Å². The van der Waals surface area contributed by atoms with Gasteiger partial charge < -0.3 is 9.47 Å². The minimum atomic E-state index is -0.309. The highest BCUT2D eigenvalue weighted by Crippen LogP contribution is 2.40. The standard InChI is InChI=1S/C17H23O3/c1-3-13-10-7-11-15(14-8-5-6-9-14)17(13)20-12-16(18)19-4-2/h7,10,14H,3-6,8-9,12H2,1-2H3. The number of esters is 1. The molecule has 109 valence electrons. The summed E-state index contributed by atoms with van der Waals surface area (Å²) in [6.45, 7) is 4.28. The minimum absolute atomic E-state index is 0.0155. The van der Waals surface area contributed by atoms with Crippen LogP contribution in [0.25, 0.3) is 0 Å². The molecule has 3 nitrogen and oxygen atoms in total. The van der Waals surface area contributed by atoms with Gasteiger partial charge in [-0.15, -0.1) is 0 Å². The van der Waals surface area contributed by atoms with Crippen molar-refractivity contribution < 1.29 is 14.3 Å². The summed E-state index contributed by atoms with van der Waals surface area (Å²) in [5.41, 5.74) is 2.29. The molecule has 0 atom stereocenters. The van der Waals surface area contributed by atoms with E-state index in [0.29, 0.717) is 12.5 Å². The summed E-state index contributed by atoms with van der Waals surface area (Å²) < 4.78 is 10.7. The second kappa shape index (κ2) is 7.32. The maximum absolute atomic E-state index is 11.5. The summed E-state index contributed by atoms with van der Waals surface area (Å²) in [6, 6.07) is 7.33. The fourth-order valence-electron chi connectivity index (χ4n) is 2.85. The lowest BCUT2D eigenvalue weighted by Crippen LogP contribution is -2.16. The zero-order valence-electron chi connectivity index (χ0n) is 12.4. The van der Waals surface area contributed by atoms with E-state index >= 15 is 0 Å². The number of rotatable bonds is 6. The minimum Gasteiger partial charge on any atom is -0.481 e. The Morgan fingerprint density at radius 2 is 2.10 bits per heavy atom. The first kappa shape index (κ1) is 14.9. The first-order valence-corrected chi connectivity index (χ1v) is 7.58. The number of carbonyl (C=O) groups excluding carboxylic acids is 1. The Kier molecular flexibility index (Phi) is 5.45. The molecule has 0 amide bonds. The molecule has 0 N–H and O–H groups in total. The zero-order valence-corrected chi connectivity index (χ0v) is 12.4. The molecule has 0 aliphatic heterocycles. The van der Waals surface area contributed by atoms with E-state index in [1.165, 1.54) is 25.7 Å². The molecule has 2 rings (SSSR count). The molecule has 0 aromatic heterocycles. The van der Waals surface area contributed by atoms with Gasteiger partial charge in [0.15, 0.2) is 6.61 Å². The first-order valence-electron chi connectivity index (χ1n) is 7.58. The van der Waals surface area contributed by atoms with Gasteiger partial charge in [0.05, 0.1) is 6.61 Å². The first-order chi connectivity index (χ1) is 9.76. The molecule has 0 saturated heterocycles. The van der Waals surface area contributed by atoms with Crippen LogP contribution in [0.4, 0.5) is 0 Å². The summed E-state index contributed by atoms with van der Waals surface area (Å²) in [6.07, 6.45) is 5.82. The molecule has 20 heavy (non-hydrogen) atoms. The molecule has 1 aliphatic rings.